The van der Waals surface area contributed by atoms with Gasteiger partial charge in [0.2, 0.25) is 0 Å². The van der Waals surface area contributed by atoms with Crippen molar-refractivity contribution in [2.45, 2.75) is 10.3 Å². The van der Waals surface area contributed by atoms with E-state index in [4.69, 9.17) is 39.2 Å². The number of hydrogen-bond donors (Lipinski definition) is 0. The molecule has 0 saturated carbocycles. The molecule has 0 fully saturated rings. The van der Waals surface area contributed by atoms with E-state index in [0.717, 1.165) is 0 Å². The van der Waals surface area contributed by atoms with Gasteiger partial charge in [0.1, 0.15) is 0 Å². The van der Waals surface area contributed by atoms with E-state index in [9.17, 15) is 4.79 Å². The second-order valence-corrected chi connectivity index (χ2v) is 5.46. The fraction of sp³-hybridized carbons (Fsp3) is 0.750. The van der Waals surface area contributed by atoms with Crippen LogP contribution in [0.2, 0.25) is 6.55 Å². The van der Waals surface area contributed by atoms with E-state index in [1.54, 1.807) is 6.55 Å². The largest absolute Gasteiger partial charge is 0.489 e. The number of carbonyl (C=O) groups excluding carboxylic acids is 1. The van der Waals surface area contributed by atoms with Crippen molar-refractivity contribution in [3.05, 3.63) is 0 Å². The van der Waals surface area contributed by atoms with Crippen LogP contribution < -0.4 is 0 Å². The van der Waals surface area contributed by atoms with E-state index in [0.29, 0.717) is 0 Å². The number of halogens is 3. The van der Waals surface area contributed by atoms with Gasteiger partial charge < -0.3 is 8.85 Å². The van der Waals surface area contributed by atoms with Crippen LogP contribution >= 0.6 is 34.8 Å². The molecule has 1 radical (unpaired) electrons. The van der Waals surface area contributed by atoms with Crippen molar-refractivity contribution in [3.63, 3.8) is 0 Å². The zero-order chi connectivity index (χ0) is 9.07. The fourth-order valence-electron chi connectivity index (χ4n) is 0.230. The van der Waals surface area contributed by atoms with E-state index < -0.39 is 19.0 Å². The highest BCUT2D eigenvalue weighted by atomic mass is 35.6. The van der Waals surface area contributed by atoms with Crippen LogP contribution in [0.1, 0.15) is 0 Å². The molecule has 0 aliphatic carbocycles. The number of rotatable bonds is 2. The van der Waals surface area contributed by atoms with Crippen LogP contribution in [-0.4, -0.2) is 26.2 Å². The molecule has 0 N–H and O–H groups in total. The fourth-order valence-corrected chi connectivity index (χ4v) is 1.04. The first kappa shape index (κ1) is 11.5. The molecule has 0 aliphatic heterocycles. The van der Waals surface area contributed by atoms with Gasteiger partial charge in [0.15, 0.2) is 0 Å². The summed E-state index contributed by atoms with van der Waals surface area (Å²) in [6.07, 6.45) is 0. The van der Waals surface area contributed by atoms with Gasteiger partial charge in [-0.25, -0.2) is 4.79 Å². The Balaban J connectivity index is 3.88. The van der Waals surface area contributed by atoms with Crippen LogP contribution in [0.5, 0.6) is 0 Å². The highest BCUT2D eigenvalue weighted by molar-refractivity contribution is 6.76. The Kier molecular flexibility index (Phi) is 4.73. The average Bonchev–Trinajstić information content (AvgIpc) is 1.85. The zero-order valence-corrected chi connectivity index (χ0v) is 9.13. The third-order valence-corrected chi connectivity index (χ3v) is 2.27. The Morgan fingerprint density at radius 1 is 1.45 bits per heavy atom. The molecule has 0 aliphatic rings. The van der Waals surface area contributed by atoms with Crippen LogP contribution in [-0.2, 0) is 13.6 Å². The van der Waals surface area contributed by atoms with Gasteiger partial charge in [-0.1, -0.05) is 34.8 Å². The SMILES string of the molecule is CO[Si](C)OC(=O)C(Cl)(Cl)Cl. The summed E-state index contributed by atoms with van der Waals surface area (Å²) >= 11 is 15.6. The summed E-state index contributed by atoms with van der Waals surface area (Å²) in [5, 5.41) is 0. The smallest absolute Gasteiger partial charge is 0.456 e. The topological polar surface area (TPSA) is 35.5 Å². The minimum Gasteiger partial charge on any atom is -0.489 e. The van der Waals surface area contributed by atoms with Crippen LogP contribution in [0.4, 0.5) is 0 Å². The first-order valence-electron chi connectivity index (χ1n) is 2.54. The van der Waals surface area contributed by atoms with E-state index in [1.165, 1.54) is 7.11 Å². The quantitative estimate of drug-likeness (QED) is 0.540. The minimum absolute atomic E-state index is 0.902. The molecule has 0 aromatic rings. The minimum atomic E-state index is -2.01. The van der Waals surface area contributed by atoms with Crippen LogP contribution in [0.15, 0.2) is 0 Å². The van der Waals surface area contributed by atoms with Crippen molar-refractivity contribution < 1.29 is 13.6 Å². The molecule has 0 rings (SSSR count). The second kappa shape index (κ2) is 4.52. The molecule has 0 aromatic heterocycles. The summed E-state index contributed by atoms with van der Waals surface area (Å²) in [5.74, 6) is -0.902. The first-order valence-corrected chi connectivity index (χ1v) is 5.49. The molecular weight excluding hydrogens is 230 g/mol. The van der Waals surface area contributed by atoms with Crippen LogP contribution in [0, 0.1) is 0 Å². The molecule has 11 heavy (non-hydrogen) atoms. The van der Waals surface area contributed by atoms with Crippen LogP contribution in [0.3, 0.4) is 0 Å². The van der Waals surface area contributed by atoms with E-state index in [1.807, 2.05) is 0 Å². The molecule has 0 heterocycles. The maximum atomic E-state index is 10.8. The predicted octanol–water partition coefficient (Wildman–Crippen LogP) is 1.66. The van der Waals surface area contributed by atoms with Gasteiger partial charge in [0, 0.05) is 7.11 Å². The molecule has 3 nitrogen and oxygen atoms in total. The average molecular weight is 237 g/mol. The third-order valence-electron chi connectivity index (χ3n) is 0.755. The summed E-state index contributed by atoms with van der Waals surface area (Å²) in [4.78, 5) is 10.8. The van der Waals surface area contributed by atoms with Gasteiger partial charge >= 0.3 is 15.3 Å². The lowest BCUT2D eigenvalue weighted by atomic mass is 10.8. The van der Waals surface area contributed by atoms with Gasteiger partial charge in [-0.2, -0.15) is 0 Å². The Hall–Kier alpha value is 0.517. The Bertz CT molecular complexity index is 146. The molecular formula is C4H6Cl3O3Si. The van der Waals surface area contributed by atoms with Crippen molar-refractivity contribution in [2.75, 3.05) is 7.11 Å². The van der Waals surface area contributed by atoms with Gasteiger partial charge in [-0.05, 0) is 6.55 Å². The molecule has 0 aromatic carbocycles. The summed E-state index contributed by atoms with van der Waals surface area (Å²) < 4.78 is 7.30. The van der Waals surface area contributed by atoms with Gasteiger partial charge in [0.25, 0.3) is 3.79 Å². The van der Waals surface area contributed by atoms with E-state index in [2.05, 4.69) is 4.43 Å². The third kappa shape index (κ3) is 4.87. The van der Waals surface area contributed by atoms with Crippen molar-refractivity contribution in [1.82, 2.24) is 0 Å². The number of hydrogen-bond acceptors (Lipinski definition) is 3. The normalized spacial score (nSPS) is 11.8. The van der Waals surface area contributed by atoms with Gasteiger partial charge in [-0.3, -0.25) is 0 Å². The zero-order valence-electron chi connectivity index (χ0n) is 5.86. The lowest BCUT2D eigenvalue weighted by Gasteiger charge is -2.12. The molecule has 0 spiro atoms. The van der Waals surface area contributed by atoms with Crippen molar-refractivity contribution in [1.29, 1.82) is 0 Å². The Morgan fingerprint density at radius 2 is 1.91 bits per heavy atom. The summed E-state index contributed by atoms with van der Waals surface area (Å²) in [6.45, 7) is 1.61. The maximum Gasteiger partial charge on any atom is 0.456 e. The lowest BCUT2D eigenvalue weighted by molar-refractivity contribution is -0.134. The van der Waals surface area contributed by atoms with Crippen molar-refractivity contribution in [3.8, 4) is 0 Å². The predicted molar refractivity (Wildman–Crippen MR) is 45.0 cm³/mol. The van der Waals surface area contributed by atoms with Crippen molar-refractivity contribution in [2.24, 2.45) is 0 Å². The molecule has 0 atom stereocenters. The molecule has 0 amide bonds. The summed E-state index contributed by atoms with van der Waals surface area (Å²) in [5.41, 5.74) is 0. The maximum absolute atomic E-state index is 10.8. The Morgan fingerprint density at radius 3 is 2.18 bits per heavy atom. The summed E-state index contributed by atoms with van der Waals surface area (Å²) in [6, 6.07) is 0. The highest BCUT2D eigenvalue weighted by Gasteiger charge is 2.34. The first-order chi connectivity index (χ1) is 4.88. The van der Waals surface area contributed by atoms with Crippen molar-refractivity contribution >= 4 is 50.1 Å². The number of carbonyl (C=O) groups is 1. The molecule has 0 unspecified atom stereocenters. The Labute approximate surface area is 81.4 Å². The standard InChI is InChI=1S/C4H6Cl3O3Si/c1-9-11(2)10-3(8)4(5,6)7/h1-2H3. The second-order valence-electron chi connectivity index (χ2n) is 1.58. The van der Waals surface area contributed by atoms with Gasteiger partial charge in [0.05, 0.1) is 0 Å². The molecule has 7 heteroatoms. The highest BCUT2D eigenvalue weighted by Crippen LogP contribution is 2.27. The number of alkyl halides is 3. The monoisotopic (exact) mass is 235 g/mol. The van der Waals surface area contributed by atoms with Gasteiger partial charge in [-0.15, -0.1) is 0 Å². The van der Waals surface area contributed by atoms with E-state index in [-0.39, 0.29) is 0 Å². The van der Waals surface area contributed by atoms with Crippen LogP contribution in [0.25, 0.3) is 0 Å². The molecule has 0 saturated heterocycles. The summed E-state index contributed by atoms with van der Waals surface area (Å²) in [7, 11) is -0.197. The molecule has 0 bridgehead atoms. The lowest BCUT2D eigenvalue weighted by Crippen LogP contribution is -2.29. The van der Waals surface area contributed by atoms with E-state index >= 15 is 0 Å². The molecule has 65 valence electrons.